The molecule has 0 heterocycles. The SMILES string of the molecule is COc1cccc(CN(C)C(C)C(C)(C)C)c1O. The van der Waals surface area contributed by atoms with Gasteiger partial charge in [-0.15, -0.1) is 0 Å². The molecule has 0 aromatic heterocycles. The van der Waals surface area contributed by atoms with E-state index in [1.54, 1.807) is 13.2 Å². The Morgan fingerprint density at radius 3 is 2.44 bits per heavy atom. The van der Waals surface area contributed by atoms with Gasteiger partial charge >= 0.3 is 0 Å². The van der Waals surface area contributed by atoms with Gasteiger partial charge in [-0.3, -0.25) is 4.90 Å². The standard InChI is InChI=1S/C15H25NO2/c1-11(15(2,3)4)16(5)10-12-8-7-9-13(18-6)14(12)17/h7-9,11,17H,10H2,1-6H3. The second kappa shape index (κ2) is 5.61. The van der Waals surface area contributed by atoms with Crippen LogP contribution in [0, 0.1) is 5.41 Å². The summed E-state index contributed by atoms with van der Waals surface area (Å²) in [7, 11) is 3.65. The Morgan fingerprint density at radius 1 is 1.33 bits per heavy atom. The van der Waals surface area contributed by atoms with Crippen LogP contribution in [0.5, 0.6) is 11.5 Å². The average Bonchev–Trinajstić information content (AvgIpc) is 2.29. The van der Waals surface area contributed by atoms with Gasteiger partial charge in [0, 0.05) is 18.2 Å². The second-order valence-electron chi connectivity index (χ2n) is 5.93. The number of rotatable bonds is 4. The van der Waals surface area contributed by atoms with E-state index in [4.69, 9.17) is 4.74 Å². The summed E-state index contributed by atoms with van der Waals surface area (Å²) in [5.74, 6) is 0.775. The Hall–Kier alpha value is -1.22. The van der Waals surface area contributed by atoms with Crippen LogP contribution < -0.4 is 4.74 Å². The predicted molar refractivity (Wildman–Crippen MR) is 75.0 cm³/mol. The van der Waals surface area contributed by atoms with Crippen molar-refractivity contribution >= 4 is 0 Å². The van der Waals surface area contributed by atoms with E-state index >= 15 is 0 Å². The Labute approximate surface area is 110 Å². The summed E-state index contributed by atoms with van der Waals surface area (Å²) in [4.78, 5) is 2.24. The number of methoxy groups -OCH3 is 1. The maximum absolute atomic E-state index is 10.1. The van der Waals surface area contributed by atoms with Crippen molar-refractivity contribution in [1.82, 2.24) is 4.90 Å². The summed E-state index contributed by atoms with van der Waals surface area (Å²) in [5, 5.41) is 10.1. The van der Waals surface area contributed by atoms with Gasteiger partial charge < -0.3 is 9.84 Å². The van der Waals surface area contributed by atoms with E-state index in [9.17, 15) is 5.11 Å². The smallest absolute Gasteiger partial charge is 0.162 e. The molecular formula is C15H25NO2. The molecule has 0 saturated heterocycles. The zero-order chi connectivity index (χ0) is 13.9. The van der Waals surface area contributed by atoms with E-state index in [0.717, 1.165) is 5.56 Å². The first-order chi connectivity index (χ1) is 8.27. The van der Waals surface area contributed by atoms with Crippen LogP contribution in [-0.4, -0.2) is 30.2 Å². The molecule has 0 aliphatic carbocycles. The monoisotopic (exact) mass is 251 g/mol. The van der Waals surface area contributed by atoms with Crippen LogP contribution in [-0.2, 0) is 6.54 Å². The predicted octanol–water partition coefficient (Wildman–Crippen LogP) is 3.27. The minimum atomic E-state index is 0.212. The number of hydrogen-bond acceptors (Lipinski definition) is 3. The molecular weight excluding hydrogens is 226 g/mol. The van der Waals surface area contributed by atoms with E-state index in [2.05, 4.69) is 39.6 Å². The zero-order valence-electron chi connectivity index (χ0n) is 12.3. The van der Waals surface area contributed by atoms with Crippen LogP contribution in [0.15, 0.2) is 18.2 Å². The van der Waals surface area contributed by atoms with E-state index in [0.29, 0.717) is 18.3 Å². The van der Waals surface area contributed by atoms with Gasteiger partial charge in [0.25, 0.3) is 0 Å². The molecule has 1 aromatic rings. The summed E-state index contributed by atoms with van der Waals surface area (Å²) in [6.07, 6.45) is 0. The zero-order valence-corrected chi connectivity index (χ0v) is 12.3. The molecule has 1 atom stereocenters. The molecule has 1 rings (SSSR count). The van der Waals surface area contributed by atoms with Crippen LogP contribution >= 0.6 is 0 Å². The van der Waals surface area contributed by atoms with E-state index < -0.39 is 0 Å². The van der Waals surface area contributed by atoms with Gasteiger partial charge in [-0.1, -0.05) is 32.9 Å². The Bertz CT molecular complexity index is 396. The molecule has 1 aromatic carbocycles. The van der Waals surface area contributed by atoms with Crippen molar-refractivity contribution in [3.8, 4) is 11.5 Å². The number of hydrogen-bond donors (Lipinski definition) is 1. The van der Waals surface area contributed by atoms with Gasteiger partial charge in [0.2, 0.25) is 0 Å². The maximum Gasteiger partial charge on any atom is 0.162 e. The van der Waals surface area contributed by atoms with Gasteiger partial charge in [-0.25, -0.2) is 0 Å². The molecule has 0 amide bonds. The number of para-hydroxylation sites is 1. The third-order valence-electron chi connectivity index (χ3n) is 3.64. The van der Waals surface area contributed by atoms with Crippen molar-refractivity contribution in [2.24, 2.45) is 5.41 Å². The first-order valence-electron chi connectivity index (χ1n) is 6.32. The van der Waals surface area contributed by atoms with Crippen molar-refractivity contribution in [2.75, 3.05) is 14.2 Å². The molecule has 0 aliphatic rings. The minimum absolute atomic E-state index is 0.212. The van der Waals surface area contributed by atoms with Crippen LogP contribution in [0.2, 0.25) is 0 Å². The number of ether oxygens (including phenoxy) is 1. The molecule has 0 spiro atoms. The molecule has 0 fully saturated rings. The van der Waals surface area contributed by atoms with Gasteiger partial charge in [-0.05, 0) is 25.5 Å². The van der Waals surface area contributed by atoms with Gasteiger partial charge in [-0.2, -0.15) is 0 Å². The molecule has 1 unspecified atom stereocenters. The molecule has 1 N–H and O–H groups in total. The van der Waals surface area contributed by atoms with Crippen LogP contribution in [0.3, 0.4) is 0 Å². The maximum atomic E-state index is 10.1. The Morgan fingerprint density at radius 2 is 1.94 bits per heavy atom. The highest BCUT2D eigenvalue weighted by Crippen LogP contribution is 2.31. The molecule has 102 valence electrons. The first kappa shape index (κ1) is 14.8. The number of benzene rings is 1. The molecule has 3 heteroatoms. The van der Waals surface area contributed by atoms with E-state index in [-0.39, 0.29) is 11.2 Å². The summed E-state index contributed by atoms with van der Waals surface area (Å²) in [6.45, 7) is 9.58. The van der Waals surface area contributed by atoms with Crippen molar-refractivity contribution in [3.05, 3.63) is 23.8 Å². The fourth-order valence-electron chi connectivity index (χ4n) is 1.93. The van der Waals surface area contributed by atoms with Gasteiger partial charge in [0.1, 0.15) is 0 Å². The minimum Gasteiger partial charge on any atom is -0.504 e. The highest BCUT2D eigenvalue weighted by molar-refractivity contribution is 5.45. The first-order valence-corrected chi connectivity index (χ1v) is 6.32. The van der Waals surface area contributed by atoms with Crippen LogP contribution in [0.25, 0.3) is 0 Å². The number of aromatic hydroxyl groups is 1. The number of nitrogens with zero attached hydrogens (tertiary/aromatic N) is 1. The molecule has 0 saturated carbocycles. The van der Waals surface area contributed by atoms with E-state index in [1.807, 2.05) is 12.1 Å². The summed E-state index contributed by atoms with van der Waals surface area (Å²) < 4.78 is 5.13. The Kier molecular flexibility index (Phi) is 4.63. The lowest BCUT2D eigenvalue weighted by Gasteiger charge is -2.35. The highest BCUT2D eigenvalue weighted by Gasteiger charge is 2.24. The average molecular weight is 251 g/mol. The van der Waals surface area contributed by atoms with Crippen molar-refractivity contribution < 1.29 is 9.84 Å². The van der Waals surface area contributed by atoms with Crippen LogP contribution in [0.1, 0.15) is 33.3 Å². The fraction of sp³-hybridized carbons (Fsp3) is 0.600. The fourth-order valence-corrected chi connectivity index (χ4v) is 1.93. The third-order valence-corrected chi connectivity index (χ3v) is 3.64. The van der Waals surface area contributed by atoms with Gasteiger partial charge in [0.05, 0.1) is 7.11 Å². The van der Waals surface area contributed by atoms with Crippen molar-refractivity contribution in [2.45, 2.75) is 40.3 Å². The topological polar surface area (TPSA) is 32.7 Å². The molecule has 18 heavy (non-hydrogen) atoms. The Balaban J connectivity index is 2.85. The normalized spacial score (nSPS) is 13.7. The van der Waals surface area contributed by atoms with Crippen molar-refractivity contribution in [3.63, 3.8) is 0 Å². The molecule has 0 aliphatic heterocycles. The molecule has 0 radical (unpaired) electrons. The molecule has 0 bridgehead atoms. The lowest BCUT2D eigenvalue weighted by molar-refractivity contribution is 0.133. The second-order valence-corrected chi connectivity index (χ2v) is 5.93. The summed E-state index contributed by atoms with van der Waals surface area (Å²) in [5.41, 5.74) is 1.11. The number of phenols is 1. The third kappa shape index (κ3) is 3.39. The quantitative estimate of drug-likeness (QED) is 0.891. The lowest BCUT2D eigenvalue weighted by atomic mass is 9.87. The number of phenolic OH excluding ortho intramolecular Hbond substituents is 1. The largest absolute Gasteiger partial charge is 0.504 e. The van der Waals surface area contributed by atoms with Crippen LogP contribution in [0.4, 0.5) is 0 Å². The summed E-state index contributed by atoms with van der Waals surface area (Å²) in [6, 6.07) is 6.03. The summed E-state index contributed by atoms with van der Waals surface area (Å²) >= 11 is 0. The van der Waals surface area contributed by atoms with Gasteiger partial charge in [0.15, 0.2) is 11.5 Å². The highest BCUT2D eigenvalue weighted by atomic mass is 16.5. The molecule has 3 nitrogen and oxygen atoms in total. The lowest BCUT2D eigenvalue weighted by Crippen LogP contribution is -2.38. The van der Waals surface area contributed by atoms with E-state index in [1.165, 1.54) is 0 Å². The van der Waals surface area contributed by atoms with Crippen molar-refractivity contribution in [1.29, 1.82) is 0 Å².